The summed E-state index contributed by atoms with van der Waals surface area (Å²) in [6, 6.07) is 5.09. The van der Waals surface area contributed by atoms with Crippen LogP contribution in [0.4, 0.5) is 0 Å². The summed E-state index contributed by atoms with van der Waals surface area (Å²) < 4.78 is 0. The van der Waals surface area contributed by atoms with E-state index < -0.39 is 0 Å². The molecule has 0 saturated heterocycles. The summed E-state index contributed by atoms with van der Waals surface area (Å²) in [5.74, 6) is 0. The zero-order chi connectivity index (χ0) is 12.1. The minimum Gasteiger partial charge on any atom is -0.310 e. The first kappa shape index (κ1) is 13.2. The SMILES string of the molecule is CCCCNC(C)c1cc(C)c(C)cc1C. The second-order valence-corrected chi connectivity index (χ2v) is 4.82. The lowest BCUT2D eigenvalue weighted by Gasteiger charge is -2.18. The first-order valence-electron chi connectivity index (χ1n) is 6.37. The van der Waals surface area contributed by atoms with E-state index in [2.05, 4.69) is 52.1 Å². The molecule has 0 saturated carbocycles. The predicted octanol–water partition coefficient (Wildman–Crippen LogP) is 4.06. The first-order valence-corrected chi connectivity index (χ1v) is 6.37. The molecular formula is C15H25N. The molecule has 1 nitrogen and oxygen atoms in total. The van der Waals surface area contributed by atoms with Crippen molar-refractivity contribution in [3.05, 3.63) is 34.4 Å². The fourth-order valence-electron chi connectivity index (χ4n) is 2.05. The Morgan fingerprint density at radius 1 is 1.06 bits per heavy atom. The largest absolute Gasteiger partial charge is 0.310 e. The maximum atomic E-state index is 3.59. The highest BCUT2D eigenvalue weighted by Crippen LogP contribution is 2.21. The van der Waals surface area contributed by atoms with E-state index in [1.807, 2.05) is 0 Å². The van der Waals surface area contributed by atoms with Crippen LogP contribution in [-0.4, -0.2) is 6.54 Å². The molecule has 1 aromatic rings. The van der Waals surface area contributed by atoms with Gasteiger partial charge < -0.3 is 5.32 Å². The van der Waals surface area contributed by atoms with Crippen LogP contribution in [0, 0.1) is 20.8 Å². The number of nitrogens with one attached hydrogen (secondary N) is 1. The maximum Gasteiger partial charge on any atom is 0.0294 e. The van der Waals surface area contributed by atoms with E-state index in [0.29, 0.717) is 6.04 Å². The van der Waals surface area contributed by atoms with Crippen LogP contribution in [0.1, 0.15) is 55.0 Å². The fourth-order valence-corrected chi connectivity index (χ4v) is 2.05. The van der Waals surface area contributed by atoms with E-state index >= 15 is 0 Å². The number of rotatable bonds is 5. The number of unbranched alkanes of at least 4 members (excludes halogenated alkanes) is 1. The molecule has 1 heteroatoms. The minimum atomic E-state index is 0.464. The van der Waals surface area contributed by atoms with Crippen LogP contribution in [0.15, 0.2) is 12.1 Å². The number of hydrogen-bond acceptors (Lipinski definition) is 1. The van der Waals surface area contributed by atoms with Gasteiger partial charge in [-0.1, -0.05) is 25.5 Å². The molecular weight excluding hydrogens is 194 g/mol. The van der Waals surface area contributed by atoms with Crippen molar-refractivity contribution in [1.29, 1.82) is 0 Å². The van der Waals surface area contributed by atoms with Crippen molar-refractivity contribution < 1.29 is 0 Å². The molecule has 1 aromatic carbocycles. The number of benzene rings is 1. The highest BCUT2D eigenvalue weighted by Gasteiger charge is 2.08. The van der Waals surface area contributed by atoms with Gasteiger partial charge in [0, 0.05) is 6.04 Å². The molecule has 0 aliphatic carbocycles. The molecule has 0 aromatic heterocycles. The van der Waals surface area contributed by atoms with Crippen molar-refractivity contribution in [2.24, 2.45) is 0 Å². The molecule has 0 bridgehead atoms. The second kappa shape index (κ2) is 6.05. The average molecular weight is 219 g/mol. The Labute approximate surface area is 100 Å². The maximum absolute atomic E-state index is 3.59. The average Bonchev–Trinajstić information content (AvgIpc) is 2.23. The van der Waals surface area contributed by atoms with Gasteiger partial charge in [0.15, 0.2) is 0 Å². The summed E-state index contributed by atoms with van der Waals surface area (Å²) in [6.07, 6.45) is 2.51. The molecule has 0 aliphatic heterocycles. The van der Waals surface area contributed by atoms with Crippen LogP contribution >= 0.6 is 0 Å². The third-order valence-electron chi connectivity index (χ3n) is 3.33. The molecule has 0 amide bonds. The van der Waals surface area contributed by atoms with Crippen molar-refractivity contribution >= 4 is 0 Å². The molecule has 1 rings (SSSR count). The standard InChI is InChI=1S/C15H25N/c1-6-7-8-16-14(5)15-10-12(3)11(2)9-13(15)4/h9-10,14,16H,6-8H2,1-5H3. The van der Waals surface area contributed by atoms with Gasteiger partial charge in [-0.15, -0.1) is 0 Å². The molecule has 1 N–H and O–H groups in total. The van der Waals surface area contributed by atoms with E-state index in [4.69, 9.17) is 0 Å². The molecule has 0 heterocycles. The summed E-state index contributed by atoms with van der Waals surface area (Å²) in [5, 5.41) is 3.59. The molecule has 0 aliphatic rings. The third kappa shape index (κ3) is 3.34. The lowest BCUT2D eigenvalue weighted by atomic mass is 9.96. The monoisotopic (exact) mass is 219 g/mol. The molecule has 16 heavy (non-hydrogen) atoms. The molecule has 1 unspecified atom stereocenters. The molecule has 0 fully saturated rings. The Morgan fingerprint density at radius 2 is 1.69 bits per heavy atom. The van der Waals surface area contributed by atoms with Crippen LogP contribution < -0.4 is 5.32 Å². The van der Waals surface area contributed by atoms with E-state index in [1.165, 1.54) is 35.1 Å². The molecule has 90 valence electrons. The Hall–Kier alpha value is -0.820. The van der Waals surface area contributed by atoms with Crippen LogP contribution in [0.2, 0.25) is 0 Å². The van der Waals surface area contributed by atoms with Crippen LogP contribution in [0.5, 0.6) is 0 Å². The first-order chi connectivity index (χ1) is 7.56. The summed E-state index contributed by atoms with van der Waals surface area (Å²) in [5.41, 5.74) is 5.63. The Morgan fingerprint density at radius 3 is 2.31 bits per heavy atom. The molecule has 1 atom stereocenters. The van der Waals surface area contributed by atoms with Crippen molar-refractivity contribution in [3.8, 4) is 0 Å². The van der Waals surface area contributed by atoms with Gasteiger partial charge in [-0.05, 0) is 62.9 Å². The van der Waals surface area contributed by atoms with E-state index in [-0.39, 0.29) is 0 Å². The lowest BCUT2D eigenvalue weighted by molar-refractivity contribution is 0.552. The topological polar surface area (TPSA) is 12.0 Å². The van der Waals surface area contributed by atoms with Gasteiger partial charge in [-0.3, -0.25) is 0 Å². The van der Waals surface area contributed by atoms with Crippen molar-refractivity contribution in [2.75, 3.05) is 6.54 Å². The normalized spacial score (nSPS) is 12.8. The third-order valence-corrected chi connectivity index (χ3v) is 3.33. The highest BCUT2D eigenvalue weighted by molar-refractivity contribution is 5.37. The van der Waals surface area contributed by atoms with Gasteiger partial charge in [-0.25, -0.2) is 0 Å². The van der Waals surface area contributed by atoms with E-state index in [1.54, 1.807) is 0 Å². The highest BCUT2D eigenvalue weighted by atomic mass is 14.9. The van der Waals surface area contributed by atoms with E-state index in [9.17, 15) is 0 Å². The van der Waals surface area contributed by atoms with Crippen molar-refractivity contribution in [1.82, 2.24) is 5.32 Å². The molecule has 0 spiro atoms. The lowest BCUT2D eigenvalue weighted by Crippen LogP contribution is -2.20. The summed E-state index contributed by atoms with van der Waals surface area (Å²) in [6.45, 7) is 12.2. The van der Waals surface area contributed by atoms with Gasteiger partial charge in [0.1, 0.15) is 0 Å². The number of hydrogen-bond donors (Lipinski definition) is 1. The molecule has 0 radical (unpaired) electrons. The van der Waals surface area contributed by atoms with Gasteiger partial charge in [0.05, 0.1) is 0 Å². The fraction of sp³-hybridized carbons (Fsp3) is 0.600. The van der Waals surface area contributed by atoms with Crippen LogP contribution in [-0.2, 0) is 0 Å². The Balaban J connectivity index is 2.75. The smallest absolute Gasteiger partial charge is 0.0294 e. The summed E-state index contributed by atoms with van der Waals surface area (Å²) in [4.78, 5) is 0. The quantitative estimate of drug-likeness (QED) is 0.736. The zero-order valence-corrected chi connectivity index (χ0v) is 11.4. The van der Waals surface area contributed by atoms with Gasteiger partial charge in [0.25, 0.3) is 0 Å². The van der Waals surface area contributed by atoms with Gasteiger partial charge in [0.2, 0.25) is 0 Å². The Kier molecular flexibility index (Phi) is 5.01. The second-order valence-electron chi connectivity index (χ2n) is 4.82. The zero-order valence-electron chi connectivity index (χ0n) is 11.4. The van der Waals surface area contributed by atoms with Gasteiger partial charge >= 0.3 is 0 Å². The summed E-state index contributed by atoms with van der Waals surface area (Å²) in [7, 11) is 0. The van der Waals surface area contributed by atoms with E-state index in [0.717, 1.165) is 6.54 Å². The minimum absolute atomic E-state index is 0.464. The van der Waals surface area contributed by atoms with Crippen LogP contribution in [0.3, 0.4) is 0 Å². The van der Waals surface area contributed by atoms with Crippen molar-refractivity contribution in [3.63, 3.8) is 0 Å². The summed E-state index contributed by atoms with van der Waals surface area (Å²) >= 11 is 0. The van der Waals surface area contributed by atoms with Gasteiger partial charge in [-0.2, -0.15) is 0 Å². The predicted molar refractivity (Wildman–Crippen MR) is 72.0 cm³/mol. The van der Waals surface area contributed by atoms with Crippen LogP contribution in [0.25, 0.3) is 0 Å². The Bertz CT molecular complexity index is 342. The number of aryl methyl sites for hydroxylation is 3. The van der Waals surface area contributed by atoms with Crippen molar-refractivity contribution in [2.45, 2.75) is 53.5 Å².